The predicted molar refractivity (Wildman–Crippen MR) is 261 cm³/mol. The first-order chi connectivity index (χ1) is 33.0. The number of allylic oxidation sites excluding steroid dienone is 8. The zero-order chi connectivity index (χ0) is 49.6. The Morgan fingerprint density at radius 1 is 0.471 bits per heavy atom. The van der Waals surface area contributed by atoms with E-state index in [4.69, 9.17) is 28.4 Å². The fraction of sp³-hybridized carbons (Fsp3) is 0.811. The predicted octanol–water partition coefficient (Wildman–Crippen LogP) is 7.49. The maximum Gasteiger partial charge on any atom is 0.306 e. The average Bonchev–Trinajstić information content (AvgIpc) is 3.33. The molecule has 0 spiro atoms. The zero-order valence-electron chi connectivity index (χ0n) is 41.6. The first kappa shape index (κ1) is 61.6. The van der Waals surface area contributed by atoms with Gasteiger partial charge in [-0.15, -0.1) is 0 Å². The number of ether oxygens (including phenoxy) is 6. The number of aliphatic hydroxyl groups excluding tert-OH is 7. The summed E-state index contributed by atoms with van der Waals surface area (Å²) in [5, 5.41) is 72.1. The first-order valence-electron chi connectivity index (χ1n) is 26.2. The maximum absolute atomic E-state index is 13.0. The van der Waals surface area contributed by atoms with Gasteiger partial charge in [0.25, 0.3) is 0 Å². The van der Waals surface area contributed by atoms with Crippen molar-refractivity contribution < 1.29 is 73.8 Å². The van der Waals surface area contributed by atoms with Crippen LogP contribution in [0.5, 0.6) is 0 Å². The van der Waals surface area contributed by atoms with Gasteiger partial charge in [0.1, 0.15) is 55.4 Å². The molecule has 0 amide bonds. The summed E-state index contributed by atoms with van der Waals surface area (Å²) in [6.07, 6.45) is 27.0. The van der Waals surface area contributed by atoms with Crippen LogP contribution < -0.4 is 0 Å². The lowest BCUT2D eigenvalue weighted by atomic mass is 9.98. The maximum atomic E-state index is 13.0. The smallest absolute Gasteiger partial charge is 0.306 e. The van der Waals surface area contributed by atoms with Gasteiger partial charge in [-0.3, -0.25) is 9.59 Å². The molecule has 0 aromatic rings. The molecule has 11 unspecified atom stereocenters. The van der Waals surface area contributed by atoms with Gasteiger partial charge in [0.15, 0.2) is 18.7 Å². The van der Waals surface area contributed by atoms with Crippen LogP contribution in [0.4, 0.5) is 0 Å². The molecule has 15 nitrogen and oxygen atoms in total. The lowest BCUT2D eigenvalue weighted by molar-refractivity contribution is -0.332. The monoisotopic (exact) mass is 969 g/mol. The minimum Gasteiger partial charge on any atom is -0.462 e. The number of esters is 2. The van der Waals surface area contributed by atoms with E-state index in [0.717, 1.165) is 89.9 Å². The summed E-state index contributed by atoms with van der Waals surface area (Å²) < 4.78 is 33.6. The van der Waals surface area contributed by atoms with Gasteiger partial charge in [-0.05, 0) is 77.0 Å². The number of rotatable bonds is 40. The fourth-order valence-corrected chi connectivity index (χ4v) is 7.92. The van der Waals surface area contributed by atoms with Gasteiger partial charge in [0, 0.05) is 12.8 Å². The topological polar surface area (TPSA) is 231 Å². The van der Waals surface area contributed by atoms with Crippen LogP contribution in [0.3, 0.4) is 0 Å². The molecular weight excluding hydrogens is 877 g/mol. The van der Waals surface area contributed by atoms with Crippen molar-refractivity contribution >= 4 is 11.9 Å². The Kier molecular flexibility index (Phi) is 36.3. The van der Waals surface area contributed by atoms with Crippen molar-refractivity contribution in [2.24, 2.45) is 0 Å². The van der Waals surface area contributed by atoms with Crippen LogP contribution in [0, 0.1) is 0 Å². The van der Waals surface area contributed by atoms with E-state index in [-0.39, 0.29) is 19.4 Å². The Balaban J connectivity index is 1.81. The van der Waals surface area contributed by atoms with Crippen molar-refractivity contribution in [1.82, 2.24) is 0 Å². The van der Waals surface area contributed by atoms with Crippen LogP contribution >= 0.6 is 0 Å². The molecule has 15 heteroatoms. The molecule has 2 aliphatic heterocycles. The minimum absolute atomic E-state index is 0.148. The molecule has 7 N–H and O–H groups in total. The third-order valence-corrected chi connectivity index (χ3v) is 12.3. The first-order valence-corrected chi connectivity index (χ1v) is 26.2. The van der Waals surface area contributed by atoms with Gasteiger partial charge in [0.05, 0.1) is 19.8 Å². The molecule has 0 aliphatic carbocycles. The van der Waals surface area contributed by atoms with Crippen LogP contribution in [0.2, 0.25) is 0 Å². The molecule has 2 rings (SSSR count). The second kappa shape index (κ2) is 40.1. The highest BCUT2D eigenvalue weighted by Gasteiger charge is 2.47. The summed E-state index contributed by atoms with van der Waals surface area (Å²) in [6.45, 7) is 2.52. The number of unbranched alkanes of at least 4 members (excludes halogenated alkanes) is 18. The van der Waals surface area contributed by atoms with Gasteiger partial charge in [-0.1, -0.05) is 140 Å². The molecule has 11 atom stereocenters. The molecule has 0 bridgehead atoms. The summed E-state index contributed by atoms with van der Waals surface area (Å²) in [5.41, 5.74) is 0. The molecule has 0 aromatic heterocycles. The van der Waals surface area contributed by atoms with Crippen molar-refractivity contribution in [2.45, 2.75) is 248 Å². The van der Waals surface area contributed by atoms with Gasteiger partial charge in [-0.2, -0.15) is 0 Å². The van der Waals surface area contributed by atoms with Crippen molar-refractivity contribution in [2.75, 3.05) is 26.4 Å². The van der Waals surface area contributed by atoms with Crippen molar-refractivity contribution in [3.8, 4) is 0 Å². The number of aliphatic hydroxyl groups is 7. The quantitative estimate of drug-likeness (QED) is 0.0179. The van der Waals surface area contributed by atoms with Crippen molar-refractivity contribution in [1.29, 1.82) is 0 Å². The molecule has 2 fully saturated rings. The summed E-state index contributed by atoms with van der Waals surface area (Å²) in [7, 11) is 0. The highest BCUT2D eigenvalue weighted by Crippen LogP contribution is 2.26. The van der Waals surface area contributed by atoms with Crippen molar-refractivity contribution in [3.05, 3.63) is 48.6 Å². The van der Waals surface area contributed by atoms with E-state index in [1.165, 1.54) is 51.4 Å². The summed E-state index contributed by atoms with van der Waals surface area (Å²) in [6, 6.07) is 0. The Labute approximate surface area is 408 Å². The van der Waals surface area contributed by atoms with Crippen LogP contribution in [-0.4, -0.2) is 142 Å². The Bertz CT molecular complexity index is 1370. The highest BCUT2D eigenvalue weighted by molar-refractivity contribution is 5.70. The van der Waals surface area contributed by atoms with E-state index < -0.39 is 99.3 Å². The summed E-state index contributed by atoms with van der Waals surface area (Å²) in [5.74, 6) is -0.951. The standard InChI is InChI=1S/C53H92O15/c1-3-5-7-9-11-13-15-17-18-19-20-21-22-24-26-28-30-32-34-36-45(56)66-41(38-63-44(55)35-33-31-29-27-25-23-16-14-12-10-8-6-4-2)39-64-52-51(62)49(60)47(58)43(68-52)40-65-53-50(61)48(59)46(57)42(37-54)67-53/h11,13-14,16-18,20-21,41-43,46-54,57-62H,3-10,12,15,19,22-40H2,1-2H3/b13-11-,16-14-,18-17-,21-20-. The minimum atomic E-state index is -1.77. The lowest BCUT2D eigenvalue weighted by Gasteiger charge is -2.42. The molecular formula is C53H92O15. The van der Waals surface area contributed by atoms with Crippen LogP contribution in [0.25, 0.3) is 0 Å². The van der Waals surface area contributed by atoms with E-state index >= 15 is 0 Å². The van der Waals surface area contributed by atoms with E-state index in [0.29, 0.717) is 12.8 Å². The Morgan fingerprint density at radius 2 is 0.882 bits per heavy atom. The van der Waals surface area contributed by atoms with Crippen molar-refractivity contribution in [3.63, 3.8) is 0 Å². The molecule has 2 heterocycles. The van der Waals surface area contributed by atoms with Gasteiger partial charge in [0.2, 0.25) is 0 Å². The average molecular weight is 969 g/mol. The largest absolute Gasteiger partial charge is 0.462 e. The summed E-state index contributed by atoms with van der Waals surface area (Å²) in [4.78, 5) is 25.8. The van der Waals surface area contributed by atoms with Crippen LogP contribution in [-0.2, 0) is 38.0 Å². The SMILES string of the molecule is CCCCC/C=C\C/C=C\C/C=C\CCCCCCCCC(=O)OC(COC(=O)CCCCCCC/C=C\CCCCCC)COC1OC(COC2OC(CO)C(O)C(O)C2O)C(O)C(O)C1O. The van der Waals surface area contributed by atoms with E-state index in [9.17, 15) is 45.3 Å². The third kappa shape index (κ3) is 27.7. The molecule has 2 aliphatic rings. The Hall–Kier alpha value is -2.54. The molecule has 0 aromatic carbocycles. The van der Waals surface area contributed by atoms with Crippen LogP contribution in [0.15, 0.2) is 48.6 Å². The molecule has 0 saturated carbocycles. The fourth-order valence-electron chi connectivity index (χ4n) is 7.92. The second-order valence-corrected chi connectivity index (χ2v) is 18.3. The normalized spacial score (nSPS) is 26.1. The van der Waals surface area contributed by atoms with Crippen LogP contribution in [0.1, 0.15) is 181 Å². The molecule has 2 saturated heterocycles. The van der Waals surface area contributed by atoms with Gasteiger partial charge in [-0.25, -0.2) is 0 Å². The summed E-state index contributed by atoms with van der Waals surface area (Å²) >= 11 is 0. The van der Waals surface area contributed by atoms with E-state index in [1.54, 1.807) is 0 Å². The van der Waals surface area contributed by atoms with Gasteiger partial charge >= 0.3 is 11.9 Å². The Morgan fingerprint density at radius 3 is 1.43 bits per heavy atom. The zero-order valence-corrected chi connectivity index (χ0v) is 41.6. The van der Waals surface area contributed by atoms with Gasteiger partial charge < -0.3 is 64.2 Å². The molecule has 0 radical (unpaired) electrons. The number of hydrogen-bond acceptors (Lipinski definition) is 15. The highest BCUT2D eigenvalue weighted by atomic mass is 16.7. The van der Waals surface area contributed by atoms with E-state index in [1.807, 2.05) is 0 Å². The van der Waals surface area contributed by atoms with E-state index in [2.05, 4.69) is 62.5 Å². The molecule has 394 valence electrons. The number of hydrogen-bond donors (Lipinski definition) is 7. The lowest BCUT2D eigenvalue weighted by Crippen LogP contribution is -2.61. The number of carbonyl (C=O) groups excluding carboxylic acids is 2. The number of carbonyl (C=O) groups is 2. The second-order valence-electron chi connectivity index (χ2n) is 18.3. The third-order valence-electron chi connectivity index (χ3n) is 12.3. The molecule has 68 heavy (non-hydrogen) atoms.